The number of rotatable bonds is 22. The first kappa shape index (κ1) is 65.3. The number of carboxylic acids is 3. The molecular weight excluding hydrogens is 1190 g/mol. The molecule has 9 rings (SSSR count). The summed E-state index contributed by atoms with van der Waals surface area (Å²) in [6.45, 7) is 7.30. The summed E-state index contributed by atoms with van der Waals surface area (Å²) in [6, 6.07) is 4.83. The van der Waals surface area contributed by atoms with E-state index in [0.717, 1.165) is 45.0 Å². The molecule has 0 radical (unpaired) electrons. The summed E-state index contributed by atoms with van der Waals surface area (Å²) in [4.78, 5) is 127. The second kappa shape index (κ2) is 25.8. The SMILES string of the molecule is CC[C@]1(O)C[C@H]2CN(CCc3c([nH]c4ccccc34)[C@@](C(=O)OC)(c3cc4c(cc3OC)N(C)[C@H]3[C@](O)(C(=O)NNC(=O)OCCSSC[C@@H](NC(=O)C(CC(=O)O)NC(=O)[C@@H](CC(=O)O)NC(C)=O)C(=O)O)[C@H](O)[C@]5(CC)C=CCN6CC[C@]43[C@@H]65)C2)C1. The molecule has 6 heterocycles. The second-order valence-electron chi connectivity index (χ2n) is 23.9. The third-order valence-electron chi connectivity index (χ3n) is 18.9. The zero-order chi connectivity index (χ0) is 63.8. The van der Waals surface area contributed by atoms with E-state index in [9.17, 15) is 64.2 Å². The molecule has 6 aliphatic rings. The predicted molar refractivity (Wildman–Crippen MR) is 320 cm³/mol. The summed E-state index contributed by atoms with van der Waals surface area (Å²) in [6.07, 6.45) is 1.33. The Balaban J connectivity index is 0.954. The number of likely N-dealkylation sites (N-methyl/N-ethyl adjacent to an activating group) is 1. The first-order valence-electron chi connectivity index (χ1n) is 29.2. The van der Waals surface area contributed by atoms with Crippen molar-refractivity contribution in [3.63, 3.8) is 0 Å². The van der Waals surface area contributed by atoms with Crippen molar-refractivity contribution < 1.29 is 88.0 Å². The highest BCUT2D eigenvalue weighted by Crippen LogP contribution is 2.67. The number of nitrogens with one attached hydrogen (secondary N) is 6. The fourth-order valence-corrected chi connectivity index (χ4v) is 17.3. The van der Waals surface area contributed by atoms with Crippen molar-refractivity contribution in [1.29, 1.82) is 0 Å². The molecule has 1 saturated carbocycles. The number of aliphatic hydroxyl groups is 3. The first-order valence-corrected chi connectivity index (χ1v) is 31.7. The molecule has 27 nitrogen and oxygen atoms in total. The van der Waals surface area contributed by atoms with E-state index in [2.05, 4.69) is 41.6 Å². The molecule has 5 amide bonds. The maximum Gasteiger partial charge on any atom is 0.426 e. The molecule has 29 heteroatoms. The Morgan fingerprint density at radius 3 is 2.18 bits per heavy atom. The molecule has 88 heavy (non-hydrogen) atoms. The third-order valence-corrected chi connectivity index (χ3v) is 21.3. The predicted octanol–water partition coefficient (Wildman–Crippen LogP) is 0.894. The molecule has 478 valence electrons. The smallest absolute Gasteiger partial charge is 0.426 e. The van der Waals surface area contributed by atoms with E-state index in [-0.39, 0.29) is 36.9 Å². The number of carboxylic acid groups (broad SMARTS) is 3. The van der Waals surface area contributed by atoms with Gasteiger partial charge in [-0.15, -0.1) is 0 Å². The molecule has 2 saturated heterocycles. The highest BCUT2D eigenvalue weighted by atomic mass is 33.1. The average molecular weight is 1260 g/mol. The fourth-order valence-electron chi connectivity index (χ4n) is 15.4. The van der Waals surface area contributed by atoms with Crippen molar-refractivity contribution >= 4 is 91.8 Å². The van der Waals surface area contributed by atoms with Gasteiger partial charge in [-0.3, -0.25) is 48.8 Å². The zero-order valence-electron chi connectivity index (χ0n) is 49.7. The van der Waals surface area contributed by atoms with Crippen molar-refractivity contribution in [1.82, 2.24) is 41.6 Å². The number of nitrogens with zero attached hydrogens (tertiary/aromatic N) is 3. The standard InChI is InChI=1S/C59H77N9O18S2/c1-7-55(82)26-32-27-58(53(80)85-6,45-34(14-18-67(28-32)30-55)33-12-9-10-13-37(33)61-45)36-22-35-41(25-42(36)84-5)66(4)50-57(35)16-19-68-17-11-15-56(8-2,49(57)68)51(78)59(50,83)52(79)64-65-54(81)86-20-21-87-88-29-40(48(76)77)63-47(75)39(24-44(72)73)62-46(74)38(23-43(70)71)60-31(3)69/h9-13,15,22,25,32,38-40,49-51,61,78,82-83H,7-8,14,16-21,23-24,26-30H2,1-6H3,(H,60,69)(H,62,74)(H,63,75)(H,64,79)(H,65,81)(H,70,71)(H,72,73)(H,76,77)/t32-,38-,39?,40-,49+,50-,51-,55+,56-,57-,58+,59-/m1/s1. The normalized spacial score (nSPS) is 29.4. The van der Waals surface area contributed by atoms with Crippen molar-refractivity contribution in [2.75, 3.05) is 77.0 Å². The van der Waals surface area contributed by atoms with E-state index >= 15 is 9.59 Å². The number of hydrogen-bond donors (Lipinski definition) is 12. The van der Waals surface area contributed by atoms with Crippen LogP contribution in [-0.4, -0.2) is 219 Å². The van der Waals surface area contributed by atoms with Gasteiger partial charge in [0.1, 0.15) is 42.0 Å². The average Bonchev–Trinajstić information content (AvgIpc) is 1.44. The van der Waals surface area contributed by atoms with Crippen LogP contribution in [0.15, 0.2) is 48.6 Å². The van der Waals surface area contributed by atoms with Crippen LogP contribution >= 0.6 is 21.6 Å². The lowest BCUT2D eigenvalue weighted by atomic mass is 9.47. The second-order valence-corrected chi connectivity index (χ2v) is 26.5. The van der Waals surface area contributed by atoms with E-state index in [1.54, 1.807) is 11.9 Å². The number of aliphatic carboxylic acids is 3. The minimum absolute atomic E-state index is 0.0298. The maximum atomic E-state index is 15.5. The number of piperidine rings is 1. The number of aromatic amines is 1. The number of anilines is 1. The number of methoxy groups -OCH3 is 2. The van der Waals surface area contributed by atoms with Gasteiger partial charge in [0.2, 0.25) is 17.7 Å². The van der Waals surface area contributed by atoms with Gasteiger partial charge in [-0.2, -0.15) is 0 Å². The molecule has 1 aliphatic carbocycles. The lowest BCUT2D eigenvalue weighted by molar-refractivity contribution is -0.204. The first-order chi connectivity index (χ1) is 41.8. The number of aromatic nitrogens is 1. The molecule has 1 spiro atoms. The molecule has 3 aromatic rings. The van der Waals surface area contributed by atoms with Crippen LogP contribution in [0.3, 0.4) is 0 Å². The van der Waals surface area contributed by atoms with Crippen molar-refractivity contribution in [2.45, 2.75) is 130 Å². The van der Waals surface area contributed by atoms with E-state index < -0.39 is 130 Å². The Hall–Kier alpha value is -7.15. The topological polar surface area (TPSA) is 388 Å². The number of esters is 1. The number of hydrogen-bond acceptors (Lipinski definition) is 20. The number of benzene rings is 2. The highest BCUT2D eigenvalue weighted by Gasteiger charge is 2.79. The Bertz CT molecular complexity index is 3280. The van der Waals surface area contributed by atoms with Gasteiger partial charge in [0.15, 0.2) is 5.60 Å². The summed E-state index contributed by atoms with van der Waals surface area (Å²) in [5, 5.41) is 74.3. The number of ether oxygens (including phenoxy) is 3. The van der Waals surface area contributed by atoms with Gasteiger partial charge in [0.25, 0.3) is 5.91 Å². The number of hydrazine groups is 1. The fraction of sp³-hybridized carbons (Fsp3) is 0.576. The number of H-pyrrole nitrogens is 1. The number of carbonyl (C=O) groups is 9. The number of carbonyl (C=O) groups excluding carboxylic acids is 6. The van der Waals surface area contributed by atoms with Crippen molar-refractivity contribution in [3.8, 4) is 5.75 Å². The van der Waals surface area contributed by atoms with Gasteiger partial charge in [-0.05, 0) is 74.2 Å². The maximum absolute atomic E-state index is 15.5. The summed E-state index contributed by atoms with van der Waals surface area (Å²) in [5.41, 5.74) is 1.09. The largest absolute Gasteiger partial charge is 0.496 e. The summed E-state index contributed by atoms with van der Waals surface area (Å²) in [5.74, 6) is -9.64. The Labute approximate surface area is 514 Å². The number of amides is 5. The Morgan fingerprint density at radius 2 is 1.53 bits per heavy atom. The lowest BCUT2D eigenvalue weighted by Gasteiger charge is -2.63. The summed E-state index contributed by atoms with van der Waals surface area (Å²) < 4.78 is 17.7. The molecule has 3 fully saturated rings. The van der Waals surface area contributed by atoms with Gasteiger partial charge in [-0.25, -0.2) is 15.0 Å². The van der Waals surface area contributed by atoms with Crippen LogP contribution in [0.4, 0.5) is 10.5 Å². The van der Waals surface area contributed by atoms with Gasteiger partial charge >= 0.3 is 30.0 Å². The highest BCUT2D eigenvalue weighted by molar-refractivity contribution is 8.76. The van der Waals surface area contributed by atoms with Crippen LogP contribution in [0, 0.1) is 11.3 Å². The van der Waals surface area contributed by atoms with E-state index in [4.69, 9.17) is 14.2 Å². The molecule has 13 atom stereocenters. The molecule has 2 unspecified atom stereocenters. The van der Waals surface area contributed by atoms with E-state index in [1.165, 1.54) is 14.2 Å². The van der Waals surface area contributed by atoms with Gasteiger partial charge in [-0.1, -0.05) is 65.8 Å². The van der Waals surface area contributed by atoms with Crippen LogP contribution in [0.1, 0.15) is 88.1 Å². The third kappa shape index (κ3) is 11.6. The van der Waals surface area contributed by atoms with Gasteiger partial charge in [0.05, 0.1) is 38.7 Å². The van der Waals surface area contributed by atoms with Crippen molar-refractivity contribution in [3.05, 3.63) is 70.9 Å². The minimum Gasteiger partial charge on any atom is -0.496 e. The Morgan fingerprint density at radius 1 is 0.841 bits per heavy atom. The molecule has 12 N–H and O–H groups in total. The lowest BCUT2D eigenvalue weighted by Crippen LogP contribution is -2.82. The molecule has 5 aliphatic heterocycles. The summed E-state index contributed by atoms with van der Waals surface area (Å²) in [7, 11) is 6.56. The zero-order valence-corrected chi connectivity index (χ0v) is 51.3. The quantitative estimate of drug-likeness (QED) is 0.0218. The van der Waals surface area contributed by atoms with Crippen LogP contribution in [0.25, 0.3) is 10.9 Å². The van der Waals surface area contributed by atoms with E-state index in [0.29, 0.717) is 86.7 Å². The van der Waals surface area contributed by atoms with E-state index in [1.807, 2.05) is 62.4 Å². The van der Waals surface area contributed by atoms with Crippen LogP contribution in [0.5, 0.6) is 5.75 Å². The van der Waals surface area contributed by atoms with Crippen molar-refractivity contribution in [2.24, 2.45) is 11.3 Å². The molecular formula is C59H77N9O18S2. The monoisotopic (exact) mass is 1260 g/mol. The molecule has 1 aromatic heterocycles. The van der Waals surface area contributed by atoms with Crippen LogP contribution in [-0.2, 0) is 65.1 Å². The van der Waals surface area contributed by atoms with Gasteiger partial charge < -0.3 is 70.7 Å². The molecule has 2 bridgehead atoms. The number of para-hydroxylation sites is 1. The van der Waals surface area contributed by atoms with Gasteiger partial charge in [0, 0.05) is 102 Å². The van der Waals surface area contributed by atoms with Crippen LogP contribution in [0.2, 0.25) is 0 Å². The summed E-state index contributed by atoms with van der Waals surface area (Å²) >= 11 is 0. The Kier molecular flexibility index (Phi) is 19.1. The minimum atomic E-state index is -2.67. The number of fused-ring (bicyclic) bond motifs is 6. The van der Waals surface area contributed by atoms with Crippen LogP contribution < -0.4 is 36.4 Å². The molecule has 2 aromatic carbocycles. The number of aliphatic hydroxyl groups excluding tert-OH is 1.